The number of nitrogens with two attached hydrogens (primary N) is 1. The van der Waals surface area contributed by atoms with Gasteiger partial charge in [0.1, 0.15) is 18.3 Å². The Morgan fingerprint density at radius 2 is 1.81 bits per heavy atom. The van der Waals surface area contributed by atoms with Crippen molar-refractivity contribution in [1.82, 2.24) is 0 Å². The first-order valence-electron chi connectivity index (χ1n) is 6.86. The molecule has 5 N–H and O–H groups in total. The van der Waals surface area contributed by atoms with Crippen LogP contribution in [-0.2, 0) is 15.5 Å². The first-order valence-corrected chi connectivity index (χ1v) is 8.18. The highest BCUT2D eigenvalue weighted by atomic mass is 32.2. The number of benzene rings is 1. The maximum absolute atomic E-state index is 12.1. The second-order valence-corrected chi connectivity index (χ2v) is 6.68. The first-order chi connectivity index (χ1) is 10.0. The van der Waals surface area contributed by atoms with Gasteiger partial charge in [0.05, 0.1) is 29.6 Å². The number of rotatable bonds is 5. The predicted molar refractivity (Wildman–Crippen MR) is 78.1 cm³/mol. The molecular weight excluding hydrogens is 294 g/mol. The molecule has 21 heavy (non-hydrogen) atoms. The first kappa shape index (κ1) is 16.5. The highest BCUT2D eigenvalue weighted by Gasteiger charge is 2.42. The van der Waals surface area contributed by atoms with Gasteiger partial charge in [0, 0.05) is 10.6 Å². The van der Waals surface area contributed by atoms with Gasteiger partial charge in [-0.2, -0.15) is 0 Å². The van der Waals surface area contributed by atoms with E-state index in [2.05, 4.69) is 0 Å². The number of ether oxygens (including phenoxy) is 1. The van der Waals surface area contributed by atoms with Crippen LogP contribution >= 0.6 is 0 Å². The Kier molecular flexibility index (Phi) is 5.86. The Balaban J connectivity index is 1.94. The summed E-state index contributed by atoms with van der Waals surface area (Å²) < 4.78 is 17.6. The Bertz CT molecular complexity index is 470. The van der Waals surface area contributed by atoms with E-state index in [1.54, 1.807) is 12.1 Å². The fraction of sp³-hybridized carbons (Fsp3) is 0.571. The summed E-state index contributed by atoms with van der Waals surface area (Å²) in [6, 6.07) is 8.29. The average Bonchev–Trinajstić information content (AvgIpc) is 2.52. The number of hydrogen-bond donors (Lipinski definition) is 4. The summed E-state index contributed by atoms with van der Waals surface area (Å²) in [5.74, 6) is 0.337. The average molecular weight is 315 g/mol. The van der Waals surface area contributed by atoms with Crippen molar-refractivity contribution in [3.05, 3.63) is 30.3 Å². The lowest BCUT2D eigenvalue weighted by molar-refractivity contribution is -0.188. The number of hydrogen-bond acceptors (Lipinski definition) is 6. The van der Waals surface area contributed by atoms with E-state index in [0.717, 1.165) is 4.90 Å². The molecule has 1 aliphatic heterocycles. The fourth-order valence-electron chi connectivity index (χ4n) is 2.39. The lowest BCUT2D eigenvalue weighted by Gasteiger charge is -2.40. The standard InChI is InChI=1S/C14H21NO5S/c15-12-10(20-11(8-16)13(17)14(12)18)6-7-21(19)9-4-2-1-3-5-9/h1-5,10-14,16-18H,6-8,15H2/t10-,11?,12?,13?,14?,21?/m1/s1. The predicted octanol–water partition coefficient (Wildman–Crippen LogP) is -1.01. The molecule has 1 fully saturated rings. The molecule has 118 valence electrons. The van der Waals surface area contributed by atoms with Crippen LogP contribution in [0.25, 0.3) is 0 Å². The topological polar surface area (TPSA) is 113 Å². The molecule has 6 nitrogen and oxygen atoms in total. The zero-order valence-corrected chi connectivity index (χ0v) is 12.4. The molecule has 0 spiro atoms. The quantitative estimate of drug-likeness (QED) is 0.554. The summed E-state index contributed by atoms with van der Waals surface area (Å²) in [7, 11) is -1.18. The van der Waals surface area contributed by atoms with Gasteiger partial charge < -0.3 is 25.8 Å². The Labute approximate surface area is 126 Å². The third-order valence-electron chi connectivity index (χ3n) is 3.68. The Morgan fingerprint density at radius 1 is 1.14 bits per heavy atom. The Morgan fingerprint density at radius 3 is 2.43 bits per heavy atom. The van der Waals surface area contributed by atoms with Crippen LogP contribution in [0.4, 0.5) is 0 Å². The molecule has 7 heteroatoms. The molecule has 5 unspecified atom stereocenters. The van der Waals surface area contributed by atoms with E-state index in [1.165, 1.54) is 0 Å². The van der Waals surface area contributed by atoms with Crippen LogP contribution in [0.3, 0.4) is 0 Å². The van der Waals surface area contributed by atoms with Gasteiger partial charge in [0.25, 0.3) is 0 Å². The molecule has 0 aliphatic carbocycles. The van der Waals surface area contributed by atoms with E-state index in [0.29, 0.717) is 12.2 Å². The van der Waals surface area contributed by atoms with Crippen LogP contribution in [-0.4, -0.2) is 62.3 Å². The minimum absolute atomic E-state index is 0.337. The van der Waals surface area contributed by atoms with E-state index in [1.807, 2.05) is 18.2 Å². The molecule has 0 saturated carbocycles. The highest BCUT2D eigenvalue weighted by molar-refractivity contribution is 7.85. The van der Waals surface area contributed by atoms with Crippen molar-refractivity contribution in [1.29, 1.82) is 0 Å². The van der Waals surface area contributed by atoms with Gasteiger partial charge in [0.15, 0.2) is 0 Å². The number of aliphatic hydroxyl groups is 3. The van der Waals surface area contributed by atoms with Crippen molar-refractivity contribution < 1.29 is 24.3 Å². The molecule has 1 aliphatic rings. The molecule has 0 amide bonds. The Hall–Kier alpha value is -0.830. The summed E-state index contributed by atoms with van der Waals surface area (Å²) in [6.45, 7) is -0.400. The van der Waals surface area contributed by atoms with Gasteiger partial charge in [0.2, 0.25) is 0 Å². The fourth-order valence-corrected chi connectivity index (χ4v) is 3.53. The maximum atomic E-state index is 12.1. The highest BCUT2D eigenvalue weighted by Crippen LogP contribution is 2.22. The van der Waals surface area contributed by atoms with Gasteiger partial charge in [-0.05, 0) is 18.6 Å². The zero-order chi connectivity index (χ0) is 15.4. The van der Waals surface area contributed by atoms with Crippen LogP contribution in [0.5, 0.6) is 0 Å². The second kappa shape index (κ2) is 7.44. The normalized spacial score (nSPS) is 34.6. The minimum atomic E-state index is -1.21. The molecule has 6 atom stereocenters. The van der Waals surface area contributed by atoms with Crippen molar-refractivity contribution >= 4 is 10.8 Å². The molecule has 1 aromatic carbocycles. The van der Waals surface area contributed by atoms with Crippen molar-refractivity contribution in [2.75, 3.05) is 12.4 Å². The molecule has 2 rings (SSSR count). The summed E-state index contributed by atoms with van der Waals surface area (Å²) >= 11 is 0. The van der Waals surface area contributed by atoms with Crippen molar-refractivity contribution in [2.45, 2.75) is 41.8 Å². The largest absolute Gasteiger partial charge is 0.394 e. The summed E-state index contributed by atoms with van der Waals surface area (Å²) in [5, 5.41) is 28.7. The molecule has 0 aromatic heterocycles. The third-order valence-corrected chi connectivity index (χ3v) is 5.08. The van der Waals surface area contributed by atoms with Crippen LogP contribution in [0.2, 0.25) is 0 Å². The molecular formula is C14H21NO5S. The lowest BCUT2D eigenvalue weighted by atomic mass is 9.92. The van der Waals surface area contributed by atoms with Crippen LogP contribution in [0, 0.1) is 0 Å². The smallest absolute Gasteiger partial charge is 0.110 e. The minimum Gasteiger partial charge on any atom is -0.394 e. The summed E-state index contributed by atoms with van der Waals surface area (Å²) in [6.07, 6.45) is -3.40. The lowest BCUT2D eigenvalue weighted by Crippen LogP contribution is -2.62. The zero-order valence-electron chi connectivity index (χ0n) is 11.5. The molecule has 0 bridgehead atoms. The molecule has 1 aromatic rings. The third kappa shape index (κ3) is 3.88. The van der Waals surface area contributed by atoms with Gasteiger partial charge in [-0.15, -0.1) is 0 Å². The molecule has 0 radical (unpaired) electrons. The summed E-state index contributed by atoms with van der Waals surface area (Å²) in [4.78, 5) is 0.723. The SMILES string of the molecule is NC1C(O)C(O)C(CO)O[C@@H]1CCS(=O)c1ccccc1. The van der Waals surface area contributed by atoms with Crippen molar-refractivity contribution in [3.8, 4) is 0 Å². The van der Waals surface area contributed by atoms with E-state index in [9.17, 15) is 14.4 Å². The van der Waals surface area contributed by atoms with Crippen LogP contribution < -0.4 is 5.73 Å². The number of aliphatic hydroxyl groups excluding tert-OH is 3. The van der Waals surface area contributed by atoms with Crippen molar-refractivity contribution in [3.63, 3.8) is 0 Å². The van der Waals surface area contributed by atoms with E-state index < -0.39 is 47.9 Å². The van der Waals surface area contributed by atoms with E-state index >= 15 is 0 Å². The van der Waals surface area contributed by atoms with Gasteiger partial charge in [-0.1, -0.05) is 18.2 Å². The second-order valence-electron chi connectivity index (χ2n) is 5.11. The van der Waals surface area contributed by atoms with Gasteiger partial charge >= 0.3 is 0 Å². The van der Waals surface area contributed by atoms with E-state index in [4.69, 9.17) is 15.6 Å². The van der Waals surface area contributed by atoms with Crippen LogP contribution in [0.15, 0.2) is 35.2 Å². The van der Waals surface area contributed by atoms with Crippen LogP contribution in [0.1, 0.15) is 6.42 Å². The monoisotopic (exact) mass is 315 g/mol. The van der Waals surface area contributed by atoms with E-state index in [-0.39, 0.29) is 0 Å². The molecule has 1 saturated heterocycles. The molecule has 1 heterocycles. The van der Waals surface area contributed by atoms with Gasteiger partial charge in [-0.3, -0.25) is 4.21 Å². The van der Waals surface area contributed by atoms with Gasteiger partial charge in [-0.25, -0.2) is 0 Å². The van der Waals surface area contributed by atoms with Crippen molar-refractivity contribution in [2.24, 2.45) is 5.73 Å². The maximum Gasteiger partial charge on any atom is 0.110 e. The summed E-state index contributed by atoms with van der Waals surface area (Å²) in [5.41, 5.74) is 5.84.